The maximum Gasteiger partial charge on any atom is 0.341 e. The third-order valence-corrected chi connectivity index (χ3v) is 3.22. The van der Waals surface area contributed by atoms with Crippen LogP contribution in [0.3, 0.4) is 0 Å². The summed E-state index contributed by atoms with van der Waals surface area (Å²) in [6.07, 6.45) is 3.74. The molecular formula is C18H19NO5. The topological polar surface area (TPSA) is 91.0 Å². The van der Waals surface area contributed by atoms with Crippen molar-refractivity contribution in [3.63, 3.8) is 0 Å². The molecule has 0 atom stereocenters. The first-order valence-corrected chi connectivity index (χ1v) is 7.17. The second-order valence-electron chi connectivity index (χ2n) is 4.96. The lowest BCUT2D eigenvalue weighted by molar-refractivity contribution is -0.139. The van der Waals surface area contributed by atoms with Crippen LogP contribution in [-0.2, 0) is 4.79 Å². The van der Waals surface area contributed by atoms with Gasteiger partial charge in [0.1, 0.15) is 17.2 Å². The molecule has 0 aromatic heterocycles. The predicted octanol–water partition coefficient (Wildman–Crippen LogP) is 2.92. The fourth-order valence-electron chi connectivity index (χ4n) is 2.09. The summed E-state index contributed by atoms with van der Waals surface area (Å²) >= 11 is 0. The summed E-state index contributed by atoms with van der Waals surface area (Å²) in [4.78, 5) is 10.6. The molecule has 0 spiro atoms. The zero-order chi connectivity index (χ0) is 17.5. The predicted molar refractivity (Wildman–Crippen MR) is 92.5 cm³/mol. The Morgan fingerprint density at radius 1 is 1.04 bits per heavy atom. The van der Waals surface area contributed by atoms with E-state index in [0.717, 1.165) is 11.1 Å². The molecule has 2 aromatic carbocycles. The number of hydrogen-bond acceptors (Lipinski definition) is 5. The number of anilines is 1. The van der Waals surface area contributed by atoms with Gasteiger partial charge in [0, 0.05) is 6.07 Å². The van der Waals surface area contributed by atoms with E-state index in [0.29, 0.717) is 22.9 Å². The standard InChI is InChI=1S/C18H19NO5/c1-22-14-7-13(8-15(10-14)24-11-18(20)21)4-3-12-5-6-17(23-2)16(19)9-12/h3-10H,11,19H2,1-2H3,(H,20,21). The molecule has 3 N–H and O–H groups in total. The Labute approximate surface area is 140 Å². The Bertz CT molecular complexity index is 755. The van der Waals surface area contributed by atoms with Gasteiger partial charge in [-0.05, 0) is 35.4 Å². The lowest BCUT2D eigenvalue weighted by atomic mass is 10.1. The molecule has 0 fully saturated rings. The van der Waals surface area contributed by atoms with E-state index in [4.69, 9.17) is 25.1 Å². The minimum absolute atomic E-state index is 0.411. The van der Waals surface area contributed by atoms with Gasteiger partial charge in [0.25, 0.3) is 0 Å². The van der Waals surface area contributed by atoms with Crippen molar-refractivity contribution < 1.29 is 24.1 Å². The van der Waals surface area contributed by atoms with E-state index < -0.39 is 12.6 Å². The van der Waals surface area contributed by atoms with Crippen LogP contribution in [0.1, 0.15) is 11.1 Å². The molecule has 0 radical (unpaired) electrons. The van der Waals surface area contributed by atoms with Crippen molar-refractivity contribution in [1.29, 1.82) is 0 Å². The van der Waals surface area contributed by atoms with Crippen LogP contribution in [0.15, 0.2) is 36.4 Å². The third kappa shape index (κ3) is 4.67. The van der Waals surface area contributed by atoms with Gasteiger partial charge in [-0.2, -0.15) is 0 Å². The highest BCUT2D eigenvalue weighted by molar-refractivity contribution is 5.73. The Morgan fingerprint density at radius 2 is 1.75 bits per heavy atom. The number of ether oxygens (including phenoxy) is 3. The van der Waals surface area contributed by atoms with Crippen molar-refractivity contribution in [2.75, 3.05) is 26.6 Å². The van der Waals surface area contributed by atoms with Gasteiger partial charge >= 0.3 is 5.97 Å². The lowest BCUT2D eigenvalue weighted by Gasteiger charge is -2.08. The van der Waals surface area contributed by atoms with E-state index >= 15 is 0 Å². The van der Waals surface area contributed by atoms with E-state index in [1.807, 2.05) is 24.3 Å². The summed E-state index contributed by atoms with van der Waals surface area (Å²) in [6, 6.07) is 10.7. The van der Waals surface area contributed by atoms with Gasteiger partial charge in [0.05, 0.1) is 19.9 Å². The summed E-state index contributed by atoms with van der Waals surface area (Å²) in [5.74, 6) is 0.582. The zero-order valence-electron chi connectivity index (χ0n) is 13.5. The molecule has 0 aliphatic rings. The number of methoxy groups -OCH3 is 2. The molecule has 0 saturated carbocycles. The van der Waals surface area contributed by atoms with E-state index in [1.165, 1.54) is 7.11 Å². The van der Waals surface area contributed by atoms with Crippen molar-refractivity contribution >= 4 is 23.8 Å². The van der Waals surface area contributed by atoms with E-state index in [2.05, 4.69) is 0 Å². The number of benzene rings is 2. The van der Waals surface area contributed by atoms with Crippen LogP contribution in [0, 0.1) is 0 Å². The smallest absolute Gasteiger partial charge is 0.341 e. The summed E-state index contributed by atoms with van der Waals surface area (Å²) in [5, 5.41) is 8.70. The van der Waals surface area contributed by atoms with Gasteiger partial charge in [-0.15, -0.1) is 0 Å². The van der Waals surface area contributed by atoms with Crippen LogP contribution in [0.5, 0.6) is 17.2 Å². The maximum absolute atomic E-state index is 10.6. The molecule has 0 heterocycles. The lowest BCUT2D eigenvalue weighted by Crippen LogP contribution is -2.09. The Kier molecular flexibility index (Phi) is 5.68. The average molecular weight is 329 g/mol. The molecule has 0 bridgehead atoms. The SMILES string of the molecule is COc1cc(C=Cc2ccc(OC)c(N)c2)cc(OCC(=O)O)c1. The summed E-state index contributed by atoms with van der Waals surface area (Å²) in [6.45, 7) is -0.411. The zero-order valence-corrected chi connectivity index (χ0v) is 13.5. The first kappa shape index (κ1) is 17.2. The van der Waals surface area contributed by atoms with Gasteiger partial charge in [0.15, 0.2) is 6.61 Å². The fraction of sp³-hybridized carbons (Fsp3) is 0.167. The monoisotopic (exact) mass is 329 g/mol. The highest BCUT2D eigenvalue weighted by atomic mass is 16.5. The second kappa shape index (κ2) is 7.92. The minimum atomic E-state index is -1.04. The number of carbonyl (C=O) groups is 1. The quantitative estimate of drug-likeness (QED) is 0.599. The Morgan fingerprint density at radius 3 is 2.38 bits per heavy atom. The Hall–Kier alpha value is -3.15. The van der Waals surface area contributed by atoms with Crippen LogP contribution in [0.25, 0.3) is 12.2 Å². The molecule has 2 aromatic rings. The molecule has 6 heteroatoms. The second-order valence-corrected chi connectivity index (χ2v) is 4.96. The molecule has 0 aliphatic heterocycles. The van der Waals surface area contributed by atoms with Crippen LogP contribution < -0.4 is 19.9 Å². The van der Waals surface area contributed by atoms with E-state index in [-0.39, 0.29) is 0 Å². The third-order valence-electron chi connectivity index (χ3n) is 3.22. The molecule has 6 nitrogen and oxygen atoms in total. The molecule has 0 aliphatic carbocycles. The van der Waals surface area contributed by atoms with Gasteiger partial charge < -0.3 is 25.1 Å². The van der Waals surface area contributed by atoms with Crippen molar-refractivity contribution in [3.05, 3.63) is 47.5 Å². The fourth-order valence-corrected chi connectivity index (χ4v) is 2.09. The van der Waals surface area contributed by atoms with Crippen LogP contribution in [-0.4, -0.2) is 31.9 Å². The number of carboxylic acid groups (broad SMARTS) is 1. The van der Waals surface area contributed by atoms with Crippen molar-refractivity contribution in [1.82, 2.24) is 0 Å². The summed E-state index contributed by atoms with van der Waals surface area (Å²) in [7, 11) is 3.10. The van der Waals surface area contributed by atoms with Gasteiger partial charge in [-0.1, -0.05) is 18.2 Å². The first-order valence-electron chi connectivity index (χ1n) is 7.17. The summed E-state index contributed by atoms with van der Waals surface area (Å²) in [5.41, 5.74) is 8.15. The number of carboxylic acids is 1. The van der Waals surface area contributed by atoms with Gasteiger partial charge in [-0.25, -0.2) is 4.79 Å². The minimum Gasteiger partial charge on any atom is -0.497 e. The van der Waals surface area contributed by atoms with Gasteiger partial charge in [-0.3, -0.25) is 0 Å². The number of hydrogen-bond donors (Lipinski definition) is 2. The number of nitrogens with two attached hydrogens (primary N) is 1. The molecule has 0 amide bonds. The molecule has 24 heavy (non-hydrogen) atoms. The molecule has 0 unspecified atom stereocenters. The maximum atomic E-state index is 10.6. The highest BCUT2D eigenvalue weighted by Gasteiger charge is 2.04. The van der Waals surface area contributed by atoms with Crippen LogP contribution in [0.2, 0.25) is 0 Å². The number of aliphatic carboxylic acids is 1. The normalized spacial score (nSPS) is 10.6. The van der Waals surface area contributed by atoms with Crippen LogP contribution in [0.4, 0.5) is 5.69 Å². The molecule has 2 rings (SSSR count). The first-order chi connectivity index (χ1) is 11.5. The highest BCUT2D eigenvalue weighted by Crippen LogP contribution is 2.26. The molecular weight excluding hydrogens is 310 g/mol. The van der Waals surface area contributed by atoms with E-state index in [9.17, 15) is 4.79 Å². The van der Waals surface area contributed by atoms with Crippen molar-refractivity contribution in [3.8, 4) is 17.2 Å². The summed E-state index contributed by atoms with van der Waals surface area (Å²) < 4.78 is 15.5. The number of nitrogen functional groups attached to an aromatic ring is 1. The van der Waals surface area contributed by atoms with Crippen molar-refractivity contribution in [2.45, 2.75) is 0 Å². The molecule has 0 saturated heterocycles. The average Bonchev–Trinajstić information content (AvgIpc) is 2.58. The Balaban J connectivity index is 2.22. The van der Waals surface area contributed by atoms with Gasteiger partial charge in [0.2, 0.25) is 0 Å². The van der Waals surface area contributed by atoms with E-state index in [1.54, 1.807) is 31.4 Å². The number of rotatable bonds is 7. The largest absolute Gasteiger partial charge is 0.497 e. The van der Waals surface area contributed by atoms with Crippen LogP contribution >= 0.6 is 0 Å². The van der Waals surface area contributed by atoms with Crippen molar-refractivity contribution in [2.24, 2.45) is 0 Å². The molecule has 126 valence electrons.